The molecule has 0 heterocycles. The number of halogens is 1. The van der Waals surface area contributed by atoms with E-state index in [-0.39, 0.29) is 18.9 Å². The number of carboxylic acid groups (broad SMARTS) is 1. The monoisotopic (exact) mass is 531 g/mol. The van der Waals surface area contributed by atoms with Crippen molar-refractivity contribution in [1.82, 2.24) is 0 Å². The summed E-state index contributed by atoms with van der Waals surface area (Å²) < 4.78 is 11.2. The summed E-state index contributed by atoms with van der Waals surface area (Å²) in [5.41, 5.74) is 3.32. The van der Waals surface area contributed by atoms with Crippen LogP contribution in [0.25, 0.3) is 10.8 Å². The molecule has 1 unspecified atom stereocenters. The van der Waals surface area contributed by atoms with Gasteiger partial charge >= 0.3 is 5.97 Å². The van der Waals surface area contributed by atoms with E-state index >= 15 is 0 Å². The van der Waals surface area contributed by atoms with Gasteiger partial charge in [0.1, 0.15) is 18.1 Å². The van der Waals surface area contributed by atoms with Crippen LogP contribution in [0.1, 0.15) is 42.4 Å². The smallest absolute Gasteiger partial charge is 0.303 e. The Morgan fingerprint density at radius 3 is 2.53 bits per heavy atom. The molecule has 0 aromatic heterocycles. The van der Waals surface area contributed by atoms with Gasteiger partial charge in [-0.2, -0.15) is 0 Å². The number of ether oxygens (including phenoxy) is 2. The van der Waals surface area contributed by atoms with E-state index in [1.165, 1.54) is 0 Å². The predicted molar refractivity (Wildman–Crippen MR) is 150 cm³/mol. The van der Waals surface area contributed by atoms with Gasteiger partial charge in [0, 0.05) is 23.2 Å². The molecule has 7 heteroatoms. The van der Waals surface area contributed by atoms with Crippen molar-refractivity contribution in [2.45, 2.75) is 38.7 Å². The molecule has 4 aromatic rings. The number of aliphatic carboxylic acids is 1. The van der Waals surface area contributed by atoms with E-state index in [1.54, 1.807) is 25.3 Å². The van der Waals surface area contributed by atoms with Gasteiger partial charge in [0.05, 0.1) is 13.0 Å². The second-order valence-electron chi connectivity index (χ2n) is 9.13. The van der Waals surface area contributed by atoms with Crippen molar-refractivity contribution in [3.8, 4) is 11.5 Å². The molecule has 0 fully saturated rings. The Kier molecular flexibility index (Phi) is 8.87. The van der Waals surface area contributed by atoms with E-state index in [1.807, 2.05) is 67.6 Å². The predicted octanol–water partition coefficient (Wildman–Crippen LogP) is 7.23. The average molecular weight is 532 g/mol. The third kappa shape index (κ3) is 6.84. The zero-order chi connectivity index (χ0) is 27.1. The molecule has 1 amide bonds. The maximum absolute atomic E-state index is 13.4. The lowest BCUT2D eigenvalue weighted by Gasteiger charge is -2.18. The minimum absolute atomic E-state index is 0.0568. The number of rotatable bonds is 11. The maximum Gasteiger partial charge on any atom is 0.303 e. The van der Waals surface area contributed by atoms with Crippen molar-refractivity contribution in [2.24, 2.45) is 0 Å². The van der Waals surface area contributed by atoms with Crippen LogP contribution in [0.2, 0.25) is 5.02 Å². The topological polar surface area (TPSA) is 84.9 Å². The number of amides is 1. The molecule has 0 bridgehead atoms. The van der Waals surface area contributed by atoms with Gasteiger partial charge in [-0.1, -0.05) is 66.2 Å². The quantitative estimate of drug-likeness (QED) is 0.213. The number of carbonyl (C=O) groups excluding carboxylic acids is 1. The number of anilines is 1. The molecule has 0 aliphatic heterocycles. The van der Waals surface area contributed by atoms with Crippen LogP contribution >= 0.6 is 11.6 Å². The number of fused-ring (bicyclic) bond motifs is 1. The molecular formula is C31H30ClNO5. The number of nitrogens with one attached hydrogen (secondary N) is 1. The average Bonchev–Trinajstić information content (AvgIpc) is 2.91. The fourth-order valence-corrected chi connectivity index (χ4v) is 4.61. The zero-order valence-corrected chi connectivity index (χ0v) is 22.1. The summed E-state index contributed by atoms with van der Waals surface area (Å²) in [4.78, 5) is 24.5. The first kappa shape index (κ1) is 27.0. The van der Waals surface area contributed by atoms with Crippen LogP contribution in [0.3, 0.4) is 0 Å². The molecule has 0 saturated carbocycles. The number of benzene rings is 4. The van der Waals surface area contributed by atoms with Crippen molar-refractivity contribution in [3.63, 3.8) is 0 Å². The molecule has 196 valence electrons. The van der Waals surface area contributed by atoms with Gasteiger partial charge in [0.15, 0.2) is 0 Å². The third-order valence-corrected chi connectivity index (χ3v) is 6.66. The van der Waals surface area contributed by atoms with E-state index < -0.39 is 11.9 Å². The Labute approximate surface area is 227 Å². The summed E-state index contributed by atoms with van der Waals surface area (Å²) in [6.45, 7) is 2.14. The molecule has 0 radical (unpaired) electrons. The largest absolute Gasteiger partial charge is 0.497 e. The molecular weight excluding hydrogens is 502 g/mol. The van der Waals surface area contributed by atoms with Gasteiger partial charge < -0.3 is 19.9 Å². The normalized spacial score (nSPS) is 11.7. The van der Waals surface area contributed by atoms with Gasteiger partial charge in [-0.05, 0) is 65.4 Å². The number of carboxylic acids is 1. The molecule has 2 N–H and O–H groups in total. The molecule has 0 spiro atoms. The first-order valence-electron chi connectivity index (χ1n) is 12.4. The summed E-state index contributed by atoms with van der Waals surface area (Å²) in [7, 11) is 1.56. The van der Waals surface area contributed by atoms with Crippen molar-refractivity contribution in [2.75, 3.05) is 12.4 Å². The summed E-state index contributed by atoms with van der Waals surface area (Å²) >= 11 is 6.15. The van der Waals surface area contributed by atoms with Crippen LogP contribution in [-0.4, -0.2) is 24.1 Å². The zero-order valence-electron chi connectivity index (χ0n) is 21.4. The first-order valence-corrected chi connectivity index (χ1v) is 12.8. The Hall–Kier alpha value is -4.03. The second-order valence-corrected chi connectivity index (χ2v) is 9.57. The number of hydrogen-bond acceptors (Lipinski definition) is 4. The minimum Gasteiger partial charge on any atom is -0.497 e. The summed E-state index contributed by atoms with van der Waals surface area (Å²) in [5.74, 6) is -0.223. The Balaban J connectivity index is 1.56. The number of carbonyl (C=O) groups is 2. The van der Waals surface area contributed by atoms with E-state index in [0.29, 0.717) is 35.1 Å². The van der Waals surface area contributed by atoms with Crippen LogP contribution in [0.15, 0.2) is 78.9 Å². The van der Waals surface area contributed by atoms with Gasteiger partial charge in [-0.15, -0.1) is 0 Å². The molecule has 6 nitrogen and oxygen atoms in total. The minimum atomic E-state index is -0.845. The van der Waals surface area contributed by atoms with Crippen molar-refractivity contribution >= 4 is 39.9 Å². The van der Waals surface area contributed by atoms with Crippen LogP contribution in [0, 0.1) is 0 Å². The van der Waals surface area contributed by atoms with Crippen LogP contribution in [0.4, 0.5) is 5.69 Å². The van der Waals surface area contributed by atoms with Crippen LogP contribution in [0.5, 0.6) is 11.5 Å². The number of aryl methyl sites for hydroxylation is 1. The van der Waals surface area contributed by atoms with Crippen LogP contribution in [-0.2, 0) is 22.6 Å². The SMILES string of the molecule is COc1cc(Cl)cc(OCc2ccc(CCCC(=O)O)c(NC(=O)C(C)c3cccc4ccccc34)c2)c1. The highest BCUT2D eigenvalue weighted by atomic mass is 35.5. The Morgan fingerprint density at radius 1 is 0.974 bits per heavy atom. The second kappa shape index (κ2) is 12.5. The van der Waals surface area contributed by atoms with Gasteiger partial charge in [0.2, 0.25) is 5.91 Å². The highest BCUT2D eigenvalue weighted by Gasteiger charge is 2.19. The van der Waals surface area contributed by atoms with Gasteiger partial charge in [0.25, 0.3) is 0 Å². The van der Waals surface area contributed by atoms with Crippen molar-refractivity contribution in [1.29, 1.82) is 0 Å². The van der Waals surface area contributed by atoms with E-state index in [4.69, 9.17) is 26.2 Å². The van der Waals surface area contributed by atoms with Gasteiger partial charge in [-0.25, -0.2) is 0 Å². The van der Waals surface area contributed by atoms with Crippen LogP contribution < -0.4 is 14.8 Å². The number of methoxy groups -OCH3 is 1. The Morgan fingerprint density at radius 2 is 1.74 bits per heavy atom. The number of hydrogen-bond donors (Lipinski definition) is 2. The first-order chi connectivity index (χ1) is 18.3. The lowest BCUT2D eigenvalue weighted by molar-refractivity contribution is -0.137. The lowest BCUT2D eigenvalue weighted by Crippen LogP contribution is -2.20. The van der Waals surface area contributed by atoms with E-state index in [9.17, 15) is 9.59 Å². The lowest BCUT2D eigenvalue weighted by atomic mass is 9.94. The van der Waals surface area contributed by atoms with Crippen molar-refractivity contribution < 1.29 is 24.2 Å². The van der Waals surface area contributed by atoms with Gasteiger partial charge in [-0.3, -0.25) is 9.59 Å². The molecule has 1 atom stereocenters. The Bertz CT molecular complexity index is 1450. The summed E-state index contributed by atoms with van der Waals surface area (Å²) in [5, 5.41) is 14.8. The van der Waals surface area contributed by atoms with Crippen molar-refractivity contribution in [3.05, 3.63) is 101 Å². The maximum atomic E-state index is 13.4. The molecule has 0 aliphatic rings. The summed E-state index contributed by atoms with van der Waals surface area (Å²) in [6.07, 6.45) is 1.05. The molecule has 38 heavy (non-hydrogen) atoms. The molecule has 0 saturated heterocycles. The highest BCUT2D eigenvalue weighted by molar-refractivity contribution is 6.30. The molecule has 4 rings (SSSR count). The molecule has 0 aliphatic carbocycles. The fraction of sp³-hybridized carbons (Fsp3) is 0.226. The standard InChI is InChI=1S/C31H30ClNO5/c1-20(27-11-5-8-22-7-3-4-10-28(22)27)31(36)33-29-15-21(13-14-23(29)9-6-12-30(34)35)19-38-26-17-24(32)16-25(18-26)37-2/h3-5,7-8,10-11,13-18,20H,6,9,12,19H2,1-2H3,(H,33,36)(H,34,35). The van der Waals surface area contributed by atoms with E-state index in [0.717, 1.165) is 27.5 Å². The molecule has 4 aromatic carbocycles. The summed E-state index contributed by atoms with van der Waals surface area (Å²) in [6, 6.07) is 24.8. The highest BCUT2D eigenvalue weighted by Crippen LogP contribution is 2.29. The third-order valence-electron chi connectivity index (χ3n) is 6.44. The van der Waals surface area contributed by atoms with E-state index in [2.05, 4.69) is 5.32 Å². The fourth-order valence-electron chi connectivity index (χ4n) is 4.39.